The number of hydrogen-bond acceptors (Lipinski definition) is 4. The average molecular weight is 545 g/mol. The molecule has 2 atom stereocenters. The summed E-state index contributed by atoms with van der Waals surface area (Å²) in [5, 5.41) is 8.89. The second-order valence-corrected chi connectivity index (χ2v) is 13.0. The lowest BCUT2D eigenvalue weighted by molar-refractivity contribution is 0.318. The van der Waals surface area contributed by atoms with Crippen molar-refractivity contribution < 1.29 is 0 Å². The molecule has 2 aromatic heterocycles. The molecule has 0 bridgehead atoms. The average Bonchev–Trinajstić information content (AvgIpc) is 3.81. The van der Waals surface area contributed by atoms with Gasteiger partial charge in [-0.25, -0.2) is 9.97 Å². The molecule has 0 radical (unpaired) electrons. The second-order valence-electron chi connectivity index (χ2n) is 13.0. The van der Waals surface area contributed by atoms with Crippen LogP contribution in [0.1, 0.15) is 91.8 Å². The molecule has 4 aromatic rings. The molecule has 1 spiro atoms. The molecule has 2 unspecified atom stereocenters. The number of nitrogens with one attached hydrogen (secondary N) is 4. The number of aromatic nitrogens is 4. The summed E-state index contributed by atoms with van der Waals surface area (Å²) >= 11 is 0. The molecule has 210 valence electrons. The van der Waals surface area contributed by atoms with E-state index in [1.54, 1.807) is 0 Å². The number of benzene rings is 2. The maximum Gasteiger partial charge on any atom is 0.124 e. The fraction of sp³-hybridized carbons (Fsp3) is 0.429. The minimum Gasteiger partial charge on any atom is -0.341 e. The monoisotopic (exact) mass is 544 g/mol. The van der Waals surface area contributed by atoms with Gasteiger partial charge in [0.25, 0.3) is 0 Å². The quantitative estimate of drug-likeness (QED) is 0.273. The molecule has 8 rings (SSSR count). The topological polar surface area (TPSA) is 81.4 Å². The Kier molecular flexibility index (Phi) is 6.04. The van der Waals surface area contributed by atoms with Crippen LogP contribution in [0.5, 0.6) is 0 Å². The Bertz CT molecular complexity index is 1760. The van der Waals surface area contributed by atoms with Crippen molar-refractivity contribution in [2.45, 2.75) is 76.3 Å². The molecule has 41 heavy (non-hydrogen) atoms. The lowest BCUT2D eigenvalue weighted by Crippen LogP contribution is -2.22. The Morgan fingerprint density at radius 1 is 0.854 bits per heavy atom. The van der Waals surface area contributed by atoms with E-state index in [4.69, 9.17) is 9.97 Å². The van der Waals surface area contributed by atoms with Crippen LogP contribution >= 0.6 is 0 Å². The molecule has 2 saturated heterocycles. The van der Waals surface area contributed by atoms with E-state index in [0.29, 0.717) is 17.5 Å². The van der Waals surface area contributed by atoms with E-state index >= 15 is 0 Å². The normalized spacial score (nSPS) is 23.8. The van der Waals surface area contributed by atoms with E-state index < -0.39 is 0 Å². The van der Waals surface area contributed by atoms with Crippen molar-refractivity contribution in [3.05, 3.63) is 75.9 Å². The highest BCUT2D eigenvalue weighted by molar-refractivity contribution is 5.91. The third kappa shape index (κ3) is 4.39. The van der Waals surface area contributed by atoms with Crippen molar-refractivity contribution >= 4 is 29.3 Å². The predicted octanol–water partition coefficient (Wildman–Crippen LogP) is 5.37. The number of allylic oxidation sites excluding steroid dienone is 1. The van der Waals surface area contributed by atoms with Gasteiger partial charge in [0.2, 0.25) is 0 Å². The first kappa shape index (κ1) is 25.2. The molecule has 3 fully saturated rings. The Labute approximate surface area is 241 Å². The summed E-state index contributed by atoms with van der Waals surface area (Å²) in [7, 11) is 0. The van der Waals surface area contributed by atoms with Crippen LogP contribution in [-0.2, 0) is 12.8 Å². The molecule has 2 aliphatic carbocycles. The van der Waals surface area contributed by atoms with Crippen LogP contribution in [0.15, 0.2) is 36.9 Å². The molecular formula is C35H40N6. The SMILES string of the molecule is C=C(/C=c1/nc(C2CCCN2)[nH]c1=C)c1ccc(-c2ccc3nc(C4CCCN4)[nH]c3c2)c2c1CC1(CCCC1)C2. The maximum atomic E-state index is 4.94. The third-order valence-electron chi connectivity index (χ3n) is 10.3. The Morgan fingerprint density at radius 3 is 2.32 bits per heavy atom. The Balaban J connectivity index is 1.18. The van der Waals surface area contributed by atoms with Crippen molar-refractivity contribution in [3.63, 3.8) is 0 Å². The van der Waals surface area contributed by atoms with Crippen LogP contribution in [0.25, 0.3) is 40.4 Å². The van der Waals surface area contributed by atoms with Crippen molar-refractivity contribution in [3.8, 4) is 11.1 Å². The first-order valence-corrected chi connectivity index (χ1v) is 15.6. The first-order chi connectivity index (χ1) is 20.1. The molecular weight excluding hydrogens is 504 g/mol. The smallest absolute Gasteiger partial charge is 0.124 e. The highest BCUT2D eigenvalue weighted by Gasteiger charge is 2.41. The predicted molar refractivity (Wildman–Crippen MR) is 167 cm³/mol. The Hall–Kier alpha value is -3.48. The number of nitrogens with zero attached hydrogens (tertiary/aromatic N) is 2. The largest absolute Gasteiger partial charge is 0.341 e. The summed E-state index contributed by atoms with van der Waals surface area (Å²) in [6, 6.07) is 12.1. The lowest BCUT2D eigenvalue weighted by Gasteiger charge is -2.22. The molecule has 0 amide bonds. The zero-order valence-corrected chi connectivity index (χ0v) is 23.9. The van der Waals surface area contributed by atoms with Gasteiger partial charge in [0.1, 0.15) is 11.6 Å². The number of hydrogen-bond donors (Lipinski definition) is 4. The molecule has 4 heterocycles. The van der Waals surface area contributed by atoms with Crippen molar-refractivity contribution in [1.29, 1.82) is 0 Å². The summed E-state index contributed by atoms with van der Waals surface area (Å²) < 4.78 is 0. The van der Waals surface area contributed by atoms with Gasteiger partial charge >= 0.3 is 0 Å². The van der Waals surface area contributed by atoms with Gasteiger partial charge in [-0.1, -0.05) is 44.2 Å². The van der Waals surface area contributed by atoms with Gasteiger partial charge in [-0.2, -0.15) is 0 Å². The number of fused-ring (bicyclic) bond motifs is 2. The molecule has 2 aliphatic heterocycles. The highest BCUT2D eigenvalue weighted by atomic mass is 15.0. The van der Waals surface area contributed by atoms with Gasteiger partial charge < -0.3 is 20.6 Å². The lowest BCUT2D eigenvalue weighted by atomic mass is 9.82. The van der Waals surface area contributed by atoms with Gasteiger partial charge in [-0.15, -0.1) is 0 Å². The minimum absolute atomic E-state index is 0.300. The number of rotatable bonds is 5. The zero-order valence-electron chi connectivity index (χ0n) is 23.9. The summed E-state index contributed by atoms with van der Waals surface area (Å²) in [5.41, 5.74) is 10.5. The van der Waals surface area contributed by atoms with Crippen LogP contribution in [0.2, 0.25) is 0 Å². The van der Waals surface area contributed by atoms with E-state index in [9.17, 15) is 0 Å². The van der Waals surface area contributed by atoms with Crippen LogP contribution < -0.4 is 21.3 Å². The van der Waals surface area contributed by atoms with Crippen molar-refractivity contribution in [1.82, 2.24) is 30.6 Å². The molecule has 6 heteroatoms. The molecule has 4 aliphatic rings. The molecule has 2 aromatic carbocycles. The zero-order chi connectivity index (χ0) is 27.6. The molecule has 1 saturated carbocycles. The van der Waals surface area contributed by atoms with Gasteiger partial charge in [0.05, 0.1) is 33.8 Å². The fourth-order valence-corrected chi connectivity index (χ4v) is 8.13. The fourth-order valence-electron chi connectivity index (χ4n) is 8.13. The summed E-state index contributed by atoms with van der Waals surface area (Å²) in [4.78, 5) is 16.9. The van der Waals surface area contributed by atoms with Crippen LogP contribution in [-0.4, -0.2) is 33.0 Å². The number of aromatic amines is 2. The van der Waals surface area contributed by atoms with Crippen LogP contribution in [0.4, 0.5) is 0 Å². The first-order valence-electron chi connectivity index (χ1n) is 15.6. The summed E-state index contributed by atoms with van der Waals surface area (Å²) in [6.45, 7) is 11.0. The highest BCUT2D eigenvalue weighted by Crippen LogP contribution is 2.52. The second kappa shape index (κ2) is 9.81. The van der Waals surface area contributed by atoms with E-state index in [2.05, 4.69) is 70.2 Å². The molecule has 4 N–H and O–H groups in total. The van der Waals surface area contributed by atoms with E-state index in [1.807, 2.05) is 0 Å². The van der Waals surface area contributed by atoms with Gasteiger partial charge in [0, 0.05) is 0 Å². The molecule has 6 nitrogen and oxygen atoms in total. The van der Waals surface area contributed by atoms with E-state index in [-0.39, 0.29) is 0 Å². The number of imidazole rings is 2. The van der Waals surface area contributed by atoms with Crippen molar-refractivity contribution in [2.24, 2.45) is 5.41 Å². The van der Waals surface area contributed by atoms with Crippen molar-refractivity contribution in [2.75, 3.05) is 13.1 Å². The Morgan fingerprint density at radius 2 is 1.59 bits per heavy atom. The van der Waals surface area contributed by atoms with E-state index in [1.165, 1.54) is 66.3 Å². The van der Waals surface area contributed by atoms with Crippen LogP contribution in [0, 0.1) is 5.41 Å². The van der Waals surface area contributed by atoms with Gasteiger partial charge in [-0.05, 0) is 121 Å². The summed E-state index contributed by atoms with van der Waals surface area (Å²) in [6.07, 6.45) is 14.5. The maximum absolute atomic E-state index is 4.94. The minimum atomic E-state index is 0.300. The van der Waals surface area contributed by atoms with E-state index in [0.717, 1.165) is 77.7 Å². The standard InChI is InChI=1S/C35H40N6/c1-21(17-31-22(2)38-33(40-31)29-7-5-15-36-29)24-10-11-25(27-20-35(19-26(24)27)13-3-4-14-35)23-9-12-28-32(18-23)41-34(39-28)30-8-6-16-37-30/h9-12,17-18,29-30,36-37H,1-8,13-16,19-20H2,(H,38,40)(H,39,41)/b31-17+. The third-order valence-corrected chi connectivity index (χ3v) is 10.3. The number of H-pyrrole nitrogens is 2. The van der Waals surface area contributed by atoms with Crippen LogP contribution in [0.3, 0.4) is 0 Å². The van der Waals surface area contributed by atoms with Gasteiger partial charge in [0.15, 0.2) is 0 Å². The van der Waals surface area contributed by atoms with Gasteiger partial charge in [-0.3, -0.25) is 0 Å². The summed E-state index contributed by atoms with van der Waals surface area (Å²) in [5.74, 6) is 2.07.